The van der Waals surface area contributed by atoms with Crippen LogP contribution in [0.2, 0.25) is 5.02 Å². The molecule has 1 N–H and O–H groups in total. The molecule has 0 spiro atoms. The Morgan fingerprint density at radius 1 is 1.33 bits per heavy atom. The summed E-state index contributed by atoms with van der Waals surface area (Å²) in [5.41, 5.74) is 0.103. The van der Waals surface area contributed by atoms with E-state index in [1.54, 1.807) is 43.4 Å². The predicted octanol–water partition coefficient (Wildman–Crippen LogP) is 3.23. The molecule has 1 aliphatic heterocycles. The van der Waals surface area contributed by atoms with Crippen LogP contribution in [0.4, 0.5) is 17.3 Å². The van der Waals surface area contributed by atoms with Crippen LogP contribution in [0.5, 0.6) is 0 Å². The van der Waals surface area contributed by atoms with Crippen molar-refractivity contribution in [2.45, 2.75) is 19.3 Å². The summed E-state index contributed by atoms with van der Waals surface area (Å²) in [6.45, 7) is 0.512. The molecule has 1 aliphatic carbocycles. The Hall–Kier alpha value is -3.18. The zero-order valence-electron chi connectivity index (χ0n) is 16.7. The zero-order valence-corrected chi connectivity index (χ0v) is 17.5. The van der Waals surface area contributed by atoms with Gasteiger partial charge in [-0.1, -0.05) is 11.6 Å². The van der Waals surface area contributed by atoms with Crippen LogP contribution in [0.15, 0.2) is 30.6 Å². The Balaban J connectivity index is 1.54. The fourth-order valence-corrected chi connectivity index (χ4v) is 4.05. The lowest BCUT2D eigenvalue weighted by molar-refractivity contribution is -0.123. The molecule has 9 heteroatoms. The molecule has 4 rings (SSSR count). The van der Waals surface area contributed by atoms with Crippen LogP contribution in [0.25, 0.3) is 0 Å². The number of nitrogens with zero attached hydrogens (tertiary/aromatic N) is 5. The van der Waals surface area contributed by atoms with Gasteiger partial charge in [0.25, 0.3) is 5.91 Å². The number of aromatic nitrogens is 2. The summed E-state index contributed by atoms with van der Waals surface area (Å²) in [6, 6.07) is 7.35. The van der Waals surface area contributed by atoms with Gasteiger partial charge in [0.1, 0.15) is 17.1 Å². The van der Waals surface area contributed by atoms with Crippen molar-refractivity contribution in [2.24, 2.45) is 11.3 Å². The van der Waals surface area contributed by atoms with Crippen molar-refractivity contribution >= 4 is 40.7 Å². The highest BCUT2D eigenvalue weighted by Crippen LogP contribution is 2.51. The Kier molecular flexibility index (Phi) is 5.08. The molecule has 0 bridgehead atoms. The molecular weight excluding hydrogens is 404 g/mol. The summed E-state index contributed by atoms with van der Waals surface area (Å²) < 4.78 is 0. The highest BCUT2D eigenvalue weighted by Gasteiger charge is 2.56. The van der Waals surface area contributed by atoms with Crippen molar-refractivity contribution in [3.05, 3.63) is 41.2 Å². The number of hydrogen-bond donors (Lipinski definition) is 1. The Morgan fingerprint density at radius 2 is 2.07 bits per heavy atom. The standard InChI is InChI=1S/C21H21ClN6O2/c1-27(2)19(29)15-11-25-18(10-16(15)22)26-17-9-14(5-7-24-17)28-8-6-21(12-23,20(28)30)13-3-4-13/h5,7,9-11,13H,3-4,6,8H2,1-2H3,(H,24,25,26)/t21-/m1/s1. The molecule has 30 heavy (non-hydrogen) atoms. The maximum atomic E-state index is 13.0. The van der Waals surface area contributed by atoms with E-state index in [1.807, 2.05) is 0 Å². The number of nitrogens with one attached hydrogen (secondary N) is 1. The van der Waals surface area contributed by atoms with E-state index >= 15 is 0 Å². The molecule has 1 atom stereocenters. The van der Waals surface area contributed by atoms with Crippen LogP contribution in [0, 0.1) is 22.7 Å². The number of halogens is 1. The smallest absolute Gasteiger partial charge is 0.256 e. The largest absolute Gasteiger partial charge is 0.345 e. The Bertz CT molecular complexity index is 1060. The summed E-state index contributed by atoms with van der Waals surface area (Å²) >= 11 is 6.24. The molecular formula is C21H21ClN6O2. The van der Waals surface area contributed by atoms with Crippen LogP contribution in [-0.2, 0) is 4.79 Å². The highest BCUT2D eigenvalue weighted by molar-refractivity contribution is 6.34. The minimum absolute atomic E-state index is 0.127. The first-order valence-electron chi connectivity index (χ1n) is 9.69. The van der Waals surface area contributed by atoms with Crippen molar-refractivity contribution in [1.29, 1.82) is 5.26 Å². The summed E-state index contributed by atoms with van der Waals surface area (Å²) in [5, 5.41) is 13.0. The van der Waals surface area contributed by atoms with E-state index < -0.39 is 5.41 Å². The van der Waals surface area contributed by atoms with Crippen LogP contribution >= 0.6 is 11.6 Å². The van der Waals surface area contributed by atoms with Gasteiger partial charge in [0.15, 0.2) is 0 Å². The fraction of sp³-hybridized carbons (Fsp3) is 0.381. The minimum atomic E-state index is -0.888. The zero-order chi connectivity index (χ0) is 21.5. The molecule has 2 amide bonds. The molecule has 1 saturated heterocycles. The summed E-state index contributed by atoms with van der Waals surface area (Å²) in [5.74, 6) is 0.725. The molecule has 2 aliphatic rings. The number of rotatable bonds is 5. The van der Waals surface area contributed by atoms with E-state index in [-0.39, 0.29) is 22.8 Å². The first-order chi connectivity index (χ1) is 14.4. The van der Waals surface area contributed by atoms with Crippen molar-refractivity contribution in [2.75, 3.05) is 30.9 Å². The topological polar surface area (TPSA) is 102 Å². The van der Waals surface area contributed by atoms with Crippen LogP contribution in [0.1, 0.15) is 29.6 Å². The molecule has 2 fully saturated rings. The number of carbonyl (C=O) groups is 2. The average molecular weight is 425 g/mol. The van der Waals surface area contributed by atoms with E-state index in [1.165, 1.54) is 11.1 Å². The van der Waals surface area contributed by atoms with E-state index in [2.05, 4.69) is 21.4 Å². The summed E-state index contributed by atoms with van der Waals surface area (Å²) in [6.07, 6.45) is 5.44. The second-order valence-electron chi connectivity index (χ2n) is 7.84. The van der Waals surface area contributed by atoms with Gasteiger partial charge in [0.2, 0.25) is 5.91 Å². The maximum absolute atomic E-state index is 13.0. The first-order valence-corrected chi connectivity index (χ1v) is 10.1. The quantitative estimate of drug-likeness (QED) is 0.790. The highest BCUT2D eigenvalue weighted by atomic mass is 35.5. The SMILES string of the molecule is CN(C)C(=O)c1cnc(Nc2cc(N3CC[C@@](C#N)(C4CC4)C3=O)ccn2)cc1Cl. The Morgan fingerprint density at radius 3 is 2.70 bits per heavy atom. The second kappa shape index (κ2) is 7.58. The number of hydrogen-bond acceptors (Lipinski definition) is 6. The first kappa shape index (κ1) is 20.1. The second-order valence-corrected chi connectivity index (χ2v) is 8.24. The number of anilines is 3. The van der Waals surface area contributed by atoms with E-state index in [0.717, 1.165) is 12.8 Å². The van der Waals surface area contributed by atoms with Gasteiger partial charge in [-0.25, -0.2) is 9.97 Å². The van der Waals surface area contributed by atoms with E-state index in [9.17, 15) is 14.9 Å². The average Bonchev–Trinajstić information content (AvgIpc) is 3.52. The van der Waals surface area contributed by atoms with Gasteiger partial charge >= 0.3 is 0 Å². The molecule has 8 nitrogen and oxygen atoms in total. The molecule has 0 unspecified atom stereocenters. The normalized spacial score (nSPS) is 20.7. The summed E-state index contributed by atoms with van der Waals surface area (Å²) in [7, 11) is 3.29. The number of carbonyl (C=O) groups excluding carboxylic acids is 2. The lowest BCUT2D eigenvalue weighted by Crippen LogP contribution is -2.35. The third-order valence-electron chi connectivity index (χ3n) is 5.63. The van der Waals surface area contributed by atoms with Crippen molar-refractivity contribution in [3.8, 4) is 6.07 Å². The monoisotopic (exact) mass is 424 g/mol. The van der Waals surface area contributed by atoms with E-state index in [4.69, 9.17) is 11.6 Å². The van der Waals surface area contributed by atoms with Crippen LogP contribution in [0.3, 0.4) is 0 Å². The predicted molar refractivity (Wildman–Crippen MR) is 113 cm³/mol. The van der Waals surface area contributed by atoms with Crippen LogP contribution < -0.4 is 10.2 Å². The molecule has 2 aromatic rings. The van der Waals surface area contributed by atoms with Crippen LogP contribution in [-0.4, -0.2) is 47.3 Å². The molecule has 3 heterocycles. The van der Waals surface area contributed by atoms with Crippen molar-refractivity contribution < 1.29 is 9.59 Å². The molecule has 154 valence electrons. The number of nitriles is 1. The maximum Gasteiger partial charge on any atom is 0.256 e. The molecule has 0 aromatic carbocycles. The number of amides is 2. The van der Waals surface area contributed by atoms with E-state index in [0.29, 0.717) is 35.9 Å². The number of pyridine rings is 2. The fourth-order valence-electron chi connectivity index (χ4n) is 3.82. The van der Waals surface area contributed by atoms with Gasteiger partial charge in [-0.2, -0.15) is 5.26 Å². The lowest BCUT2D eigenvalue weighted by Gasteiger charge is -2.21. The minimum Gasteiger partial charge on any atom is -0.345 e. The van der Waals surface area contributed by atoms with Crippen molar-refractivity contribution in [1.82, 2.24) is 14.9 Å². The third-order valence-corrected chi connectivity index (χ3v) is 5.94. The Labute approximate surface area is 179 Å². The summed E-state index contributed by atoms with van der Waals surface area (Å²) in [4.78, 5) is 36.7. The molecule has 1 saturated carbocycles. The van der Waals surface area contributed by atoms with Crippen molar-refractivity contribution in [3.63, 3.8) is 0 Å². The van der Waals surface area contributed by atoms with Gasteiger partial charge in [-0.3, -0.25) is 9.59 Å². The van der Waals surface area contributed by atoms with Gasteiger partial charge < -0.3 is 15.1 Å². The van der Waals surface area contributed by atoms with Gasteiger partial charge in [0.05, 0.1) is 16.7 Å². The third kappa shape index (κ3) is 3.46. The van der Waals surface area contributed by atoms with Gasteiger partial charge in [-0.05, 0) is 31.2 Å². The van der Waals surface area contributed by atoms with Gasteiger partial charge in [0, 0.05) is 50.9 Å². The molecule has 2 aromatic heterocycles. The lowest BCUT2D eigenvalue weighted by atomic mass is 9.83. The van der Waals surface area contributed by atoms with Gasteiger partial charge in [-0.15, -0.1) is 0 Å². The molecule has 0 radical (unpaired) electrons.